The lowest BCUT2D eigenvalue weighted by molar-refractivity contribution is 0.139. The molecule has 0 aliphatic carbocycles. The lowest BCUT2D eigenvalue weighted by Gasteiger charge is -2.24. The number of nitriles is 1. The summed E-state index contributed by atoms with van der Waals surface area (Å²) in [6.45, 7) is 7.77. The number of nitrogens with zero attached hydrogens (tertiary/aromatic N) is 1. The maximum Gasteiger partial charge on any atom is 0.185 e. The van der Waals surface area contributed by atoms with Crippen LogP contribution in [0.1, 0.15) is 6.42 Å². The van der Waals surface area contributed by atoms with Crippen molar-refractivity contribution >= 4 is 8.32 Å². The van der Waals surface area contributed by atoms with Gasteiger partial charge in [-0.1, -0.05) is 0 Å². The monoisotopic (exact) mass is 199 g/mol. The molecule has 2 unspecified atom stereocenters. The topological polar surface area (TPSA) is 42.2 Å². The third kappa shape index (κ3) is 3.47. The molecule has 0 N–H and O–H groups in total. The van der Waals surface area contributed by atoms with Crippen LogP contribution < -0.4 is 0 Å². The minimum absolute atomic E-state index is 0.255. The van der Waals surface area contributed by atoms with Crippen LogP contribution in [0.15, 0.2) is 0 Å². The molecule has 2 atom stereocenters. The lowest BCUT2D eigenvalue weighted by Crippen LogP contribution is -2.35. The van der Waals surface area contributed by atoms with Crippen molar-refractivity contribution in [3.63, 3.8) is 0 Å². The fourth-order valence-electron chi connectivity index (χ4n) is 1.40. The van der Waals surface area contributed by atoms with Gasteiger partial charge in [-0.05, 0) is 26.1 Å². The first-order valence-corrected chi connectivity index (χ1v) is 8.09. The van der Waals surface area contributed by atoms with Crippen molar-refractivity contribution in [2.45, 2.75) is 32.2 Å². The number of hydrogen-bond donors (Lipinski definition) is 0. The summed E-state index contributed by atoms with van der Waals surface area (Å²) in [4.78, 5) is 0. The van der Waals surface area contributed by atoms with Gasteiger partial charge in [0, 0.05) is 12.5 Å². The van der Waals surface area contributed by atoms with Gasteiger partial charge in [0.15, 0.2) is 8.32 Å². The third-order valence-corrected chi connectivity index (χ3v) is 2.96. The van der Waals surface area contributed by atoms with Gasteiger partial charge in [-0.25, -0.2) is 0 Å². The maximum atomic E-state index is 8.94. The van der Waals surface area contributed by atoms with E-state index >= 15 is 0 Å². The van der Waals surface area contributed by atoms with Gasteiger partial charge in [-0.3, -0.25) is 0 Å². The van der Waals surface area contributed by atoms with Gasteiger partial charge >= 0.3 is 0 Å². The molecule has 0 aromatic carbocycles. The molecule has 3 nitrogen and oxygen atoms in total. The summed E-state index contributed by atoms with van der Waals surface area (Å²) < 4.78 is 11.0. The average molecular weight is 199 g/mol. The second-order valence-electron chi connectivity index (χ2n) is 4.40. The van der Waals surface area contributed by atoms with Gasteiger partial charge in [0.05, 0.1) is 12.7 Å². The molecular formula is C9H17NO2Si. The molecule has 0 saturated carbocycles. The molecule has 0 amide bonds. The number of rotatable bonds is 3. The van der Waals surface area contributed by atoms with Crippen LogP contribution >= 0.6 is 0 Å². The molecule has 0 radical (unpaired) electrons. The molecule has 1 saturated heterocycles. The first-order chi connectivity index (χ1) is 6.03. The summed E-state index contributed by atoms with van der Waals surface area (Å²) in [7, 11) is -1.59. The van der Waals surface area contributed by atoms with Crippen LogP contribution in [0.5, 0.6) is 0 Å². The lowest BCUT2D eigenvalue weighted by atomic mass is 10.0. The quantitative estimate of drug-likeness (QED) is 0.650. The molecule has 1 fully saturated rings. The minimum atomic E-state index is -1.59. The Balaban J connectivity index is 2.48. The molecule has 0 aromatic heterocycles. The Labute approximate surface area is 80.8 Å². The maximum absolute atomic E-state index is 8.94. The van der Waals surface area contributed by atoms with E-state index in [0.29, 0.717) is 6.61 Å². The molecule has 1 aliphatic rings. The van der Waals surface area contributed by atoms with Crippen molar-refractivity contribution in [1.82, 2.24) is 0 Å². The molecule has 0 aromatic rings. The first-order valence-electron chi connectivity index (χ1n) is 4.68. The Morgan fingerprint density at radius 2 is 2.23 bits per heavy atom. The van der Waals surface area contributed by atoms with Gasteiger partial charge in [-0.2, -0.15) is 5.26 Å². The SMILES string of the molecule is C[Si](C)(C)OC(C#N)C1CCOC1. The zero-order valence-electron chi connectivity index (χ0n) is 8.54. The standard InChI is InChI=1S/C9H17NO2Si/c1-13(2,3)12-9(6-10)8-4-5-11-7-8/h8-9H,4-5,7H2,1-3H3. The number of hydrogen-bond acceptors (Lipinski definition) is 3. The van der Waals surface area contributed by atoms with E-state index in [2.05, 4.69) is 25.7 Å². The molecule has 0 spiro atoms. The van der Waals surface area contributed by atoms with E-state index in [9.17, 15) is 0 Å². The predicted molar refractivity (Wildman–Crippen MR) is 52.8 cm³/mol. The van der Waals surface area contributed by atoms with Crippen molar-refractivity contribution in [3.8, 4) is 6.07 Å². The smallest absolute Gasteiger partial charge is 0.185 e. The Kier molecular flexibility index (Phi) is 3.48. The molecule has 74 valence electrons. The average Bonchev–Trinajstić information content (AvgIpc) is 2.50. The fourth-order valence-corrected chi connectivity index (χ4v) is 2.41. The summed E-state index contributed by atoms with van der Waals surface area (Å²) >= 11 is 0. The van der Waals surface area contributed by atoms with Gasteiger partial charge in [-0.15, -0.1) is 0 Å². The minimum Gasteiger partial charge on any atom is -0.402 e. The van der Waals surface area contributed by atoms with Crippen molar-refractivity contribution in [1.29, 1.82) is 5.26 Å². The molecule has 0 bridgehead atoms. The molecule has 13 heavy (non-hydrogen) atoms. The Bertz CT molecular complexity index is 201. The van der Waals surface area contributed by atoms with Crippen LogP contribution in [0, 0.1) is 17.2 Å². The van der Waals surface area contributed by atoms with Gasteiger partial charge in [0.2, 0.25) is 0 Å². The summed E-state index contributed by atoms with van der Waals surface area (Å²) in [5.41, 5.74) is 0. The first kappa shape index (κ1) is 10.7. The Morgan fingerprint density at radius 3 is 2.62 bits per heavy atom. The van der Waals surface area contributed by atoms with E-state index in [4.69, 9.17) is 14.4 Å². The highest BCUT2D eigenvalue weighted by Crippen LogP contribution is 2.21. The van der Waals surface area contributed by atoms with Crippen LogP contribution in [-0.2, 0) is 9.16 Å². The van der Waals surface area contributed by atoms with Gasteiger partial charge in [0.1, 0.15) is 6.10 Å². The van der Waals surface area contributed by atoms with E-state index < -0.39 is 8.32 Å². The van der Waals surface area contributed by atoms with E-state index in [1.807, 2.05) is 0 Å². The fraction of sp³-hybridized carbons (Fsp3) is 0.889. The van der Waals surface area contributed by atoms with Crippen molar-refractivity contribution < 1.29 is 9.16 Å². The second kappa shape index (κ2) is 4.23. The highest BCUT2D eigenvalue weighted by molar-refractivity contribution is 6.69. The van der Waals surface area contributed by atoms with E-state index in [1.165, 1.54) is 0 Å². The van der Waals surface area contributed by atoms with Crippen molar-refractivity contribution in [2.24, 2.45) is 5.92 Å². The highest BCUT2D eigenvalue weighted by Gasteiger charge is 2.30. The highest BCUT2D eigenvalue weighted by atomic mass is 28.4. The Hall–Kier alpha value is -0.373. The van der Waals surface area contributed by atoms with Crippen LogP contribution in [0.4, 0.5) is 0 Å². The van der Waals surface area contributed by atoms with E-state index in [-0.39, 0.29) is 12.0 Å². The van der Waals surface area contributed by atoms with Crippen LogP contribution in [-0.4, -0.2) is 27.6 Å². The second-order valence-corrected chi connectivity index (χ2v) is 8.86. The Morgan fingerprint density at radius 1 is 1.54 bits per heavy atom. The van der Waals surface area contributed by atoms with E-state index in [1.54, 1.807) is 0 Å². The van der Waals surface area contributed by atoms with Crippen LogP contribution in [0.25, 0.3) is 0 Å². The van der Waals surface area contributed by atoms with Crippen molar-refractivity contribution in [3.05, 3.63) is 0 Å². The third-order valence-electron chi connectivity index (χ3n) is 2.00. The predicted octanol–water partition coefficient (Wildman–Crippen LogP) is 1.77. The zero-order chi connectivity index (χ0) is 9.90. The summed E-state index contributed by atoms with van der Waals surface area (Å²) in [5, 5.41) is 8.94. The summed E-state index contributed by atoms with van der Waals surface area (Å²) in [6.07, 6.45) is 0.706. The summed E-state index contributed by atoms with van der Waals surface area (Å²) in [5.74, 6) is 0.289. The molecular weight excluding hydrogens is 182 g/mol. The molecule has 1 rings (SSSR count). The number of ether oxygens (including phenoxy) is 1. The van der Waals surface area contributed by atoms with Gasteiger partial charge < -0.3 is 9.16 Å². The molecule has 1 heterocycles. The van der Waals surface area contributed by atoms with Crippen LogP contribution in [0.2, 0.25) is 19.6 Å². The van der Waals surface area contributed by atoms with E-state index in [0.717, 1.165) is 13.0 Å². The molecule has 4 heteroatoms. The summed E-state index contributed by atoms with van der Waals surface area (Å²) in [6, 6.07) is 2.23. The van der Waals surface area contributed by atoms with Crippen LogP contribution in [0.3, 0.4) is 0 Å². The normalized spacial score (nSPS) is 25.5. The van der Waals surface area contributed by atoms with Gasteiger partial charge in [0.25, 0.3) is 0 Å². The van der Waals surface area contributed by atoms with Crippen molar-refractivity contribution in [2.75, 3.05) is 13.2 Å². The zero-order valence-corrected chi connectivity index (χ0v) is 9.54. The largest absolute Gasteiger partial charge is 0.402 e. The molecule has 1 aliphatic heterocycles.